The number of nitrogens with zero attached hydrogens (tertiary/aromatic N) is 4. The Morgan fingerprint density at radius 1 is 0.427 bits per heavy atom. The number of hydrogen-bond donors (Lipinski definition) is 0. The Bertz CT molecular complexity index is 4140. The van der Waals surface area contributed by atoms with Crippen LogP contribution in [0, 0.1) is 12.1 Å². The molecule has 0 saturated carbocycles. The number of para-hydroxylation sites is 6. The van der Waals surface area contributed by atoms with Crippen molar-refractivity contribution in [3.63, 3.8) is 0 Å². The number of hydrogen-bond acceptors (Lipinski definition) is 4. The first-order chi connectivity index (χ1) is 36.0. The monoisotopic (exact) mass is 1160 g/mol. The van der Waals surface area contributed by atoms with Gasteiger partial charge in [0.25, 0.3) is 0 Å². The van der Waals surface area contributed by atoms with Crippen molar-refractivity contribution in [2.45, 2.75) is 79.1 Å². The van der Waals surface area contributed by atoms with Crippen molar-refractivity contribution in [1.29, 1.82) is 0 Å². The van der Waals surface area contributed by atoms with E-state index in [1.165, 1.54) is 27.9 Å². The normalized spacial score (nSPS) is 11.8. The van der Waals surface area contributed by atoms with E-state index < -0.39 is 0 Å². The van der Waals surface area contributed by atoms with Gasteiger partial charge in [0.1, 0.15) is 16.9 Å². The minimum absolute atomic E-state index is 0. The molecule has 6 nitrogen and oxygen atoms in total. The number of imidazole rings is 2. The first-order valence-corrected chi connectivity index (χ1v) is 26.0. The third-order valence-corrected chi connectivity index (χ3v) is 14.5. The number of fused-ring (bicyclic) bond motifs is 8. The molecule has 13 rings (SSSR count). The second-order valence-electron chi connectivity index (χ2n) is 20.7. The van der Waals surface area contributed by atoms with Gasteiger partial charge in [-0.15, -0.1) is 54.1 Å². The summed E-state index contributed by atoms with van der Waals surface area (Å²) in [6.45, 7) is 18.1. The van der Waals surface area contributed by atoms with Crippen molar-refractivity contribution in [1.82, 2.24) is 19.1 Å². The van der Waals surface area contributed by atoms with E-state index in [1.807, 2.05) is 36.4 Å². The summed E-state index contributed by atoms with van der Waals surface area (Å²) < 4.78 is 17.9. The van der Waals surface area contributed by atoms with E-state index in [1.54, 1.807) is 0 Å². The van der Waals surface area contributed by atoms with Gasteiger partial charge in [0.15, 0.2) is 0 Å². The zero-order valence-corrected chi connectivity index (χ0v) is 46.0. The summed E-state index contributed by atoms with van der Waals surface area (Å²) in [5.74, 6) is 3.97. The molecule has 0 bridgehead atoms. The smallest absolute Gasteiger partial charge is 0.135 e. The van der Waals surface area contributed by atoms with E-state index in [4.69, 9.17) is 18.8 Å². The number of rotatable bonds is 9. The van der Waals surface area contributed by atoms with Crippen molar-refractivity contribution in [3.8, 4) is 45.5 Å². The fraction of sp³-hybridized carbons (Fsp3) is 0.176. The molecule has 0 aliphatic heterocycles. The molecule has 0 aliphatic carbocycles. The first-order valence-electron chi connectivity index (χ1n) is 26.0. The summed E-state index contributed by atoms with van der Waals surface area (Å²) in [7, 11) is 0. The molecular weight excluding hydrogens is 1100 g/mol. The quantitative estimate of drug-likeness (QED) is 0.135. The Morgan fingerprint density at radius 2 is 0.987 bits per heavy atom. The maximum atomic E-state index is 6.80. The topological polar surface area (TPSA) is 61.9 Å². The van der Waals surface area contributed by atoms with Crippen LogP contribution in [0.15, 0.2) is 191 Å². The van der Waals surface area contributed by atoms with Gasteiger partial charge in [0, 0.05) is 53.2 Å². The number of benzene rings is 9. The second kappa shape index (κ2) is 20.1. The Hall–Kier alpha value is -7.83. The summed E-state index contributed by atoms with van der Waals surface area (Å²) in [5, 5.41) is 5.52. The van der Waals surface area contributed by atoms with Gasteiger partial charge in [-0.2, -0.15) is 0 Å². The number of furan rings is 2. The van der Waals surface area contributed by atoms with Gasteiger partial charge in [-0.05, 0) is 99.8 Å². The van der Waals surface area contributed by atoms with Crippen LogP contribution in [-0.4, -0.2) is 19.1 Å². The molecule has 0 atom stereocenters. The fourth-order valence-corrected chi connectivity index (χ4v) is 10.9. The Kier molecular flexibility index (Phi) is 13.3. The van der Waals surface area contributed by atoms with Crippen LogP contribution < -0.4 is 0 Å². The van der Waals surface area contributed by atoms with Crippen molar-refractivity contribution in [3.05, 3.63) is 216 Å². The van der Waals surface area contributed by atoms with E-state index in [2.05, 4.69) is 222 Å². The number of aromatic nitrogens is 4. The third kappa shape index (κ3) is 8.68. The molecule has 9 aromatic carbocycles. The molecule has 0 unspecified atom stereocenters. The summed E-state index contributed by atoms with van der Waals surface area (Å²) in [6, 6.07) is 70.3. The van der Waals surface area contributed by atoms with Gasteiger partial charge >= 0.3 is 0 Å². The average Bonchev–Trinajstić information content (AvgIpc) is 4.23. The van der Waals surface area contributed by atoms with E-state index in [9.17, 15) is 0 Å². The van der Waals surface area contributed by atoms with Crippen LogP contribution in [0.1, 0.15) is 101 Å². The Balaban J connectivity index is 0.000000183. The Morgan fingerprint density at radius 3 is 1.63 bits per heavy atom. The minimum atomic E-state index is 0. The largest absolute Gasteiger partial charge is 0.500 e. The molecule has 1 radical (unpaired) electrons. The van der Waals surface area contributed by atoms with Gasteiger partial charge in [-0.25, -0.2) is 0 Å². The second-order valence-corrected chi connectivity index (χ2v) is 20.7. The summed E-state index contributed by atoms with van der Waals surface area (Å²) in [4.78, 5) is 10.3. The molecule has 13 aromatic rings. The molecule has 7 heteroatoms. The predicted molar refractivity (Wildman–Crippen MR) is 307 cm³/mol. The van der Waals surface area contributed by atoms with Crippen LogP contribution in [0.2, 0.25) is 0 Å². The molecule has 0 saturated heterocycles. The van der Waals surface area contributed by atoms with Gasteiger partial charge < -0.3 is 18.0 Å². The van der Waals surface area contributed by atoms with Crippen molar-refractivity contribution < 1.29 is 28.9 Å². The van der Waals surface area contributed by atoms with Gasteiger partial charge in [-0.1, -0.05) is 163 Å². The fourth-order valence-electron chi connectivity index (χ4n) is 10.9. The van der Waals surface area contributed by atoms with E-state index in [0.29, 0.717) is 11.8 Å². The molecule has 0 aliphatic rings. The minimum Gasteiger partial charge on any atom is -0.500 e. The zero-order chi connectivity index (χ0) is 50.8. The van der Waals surface area contributed by atoms with Crippen molar-refractivity contribution in [2.75, 3.05) is 0 Å². The zero-order valence-electron chi connectivity index (χ0n) is 43.6. The summed E-state index contributed by atoms with van der Waals surface area (Å²) in [6.07, 6.45) is 0. The molecule has 0 fully saturated rings. The van der Waals surface area contributed by atoms with Crippen LogP contribution in [0.4, 0.5) is 0 Å². The van der Waals surface area contributed by atoms with Gasteiger partial charge in [-0.3, -0.25) is 9.97 Å². The van der Waals surface area contributed by atoms with Crippen LogP contribution in [0.25, 0.3) is 111 Å². The first kappa shape index (κ1) is 49.4. The van der Waals surface area contributed by atoms with Crippen LogP contribution in [-0.2, 0) is 20.1 Å². The Labute approximate surface area is 452 Å². The van der Waals surface area contributed by atoms with E-state index in [0.717, 1.165) is 106 Å². The van der Waals surface area contributed by atoms with E-state index in [-0.39, 0.29) is 31.9 Å². The SMILES string of the molecule is CC(C)c1cc(-c2cc3ccccc3o2)cc(C(C)C)c1-n1c(-c2[c-]ccc3c2oc2c4ccccc4ccc32)nc2ccccc21.CC(C)c1cccc(C(C)C)c1-n1c(-c2[c-]cccc2)nc2ccccc21.[Ir]. The molecule has 0 spiro atoms. The van der Waals surface area contributed by atoms with Crippen molar-refractivity contribution >= 4 is 65.7 Å². The molecule has 4 heterocycles. The molecule has 0 amide bonds. The van der Waals surface area contributed by atoms with Crippen LogP contribution >= 0.6 is 0 Å². The molecule has 4 aromatic heterocycles. The molecule has 75 heavy (non-hydrogen) atoms. The molecular formula is C68H58IrN4O2-2. The standard InChI is InChI=1S/C43H33N2O2.C25H25N2.Ir/c1-25(2)34-22-29(39-24-28-13-6-10-19-38(28)46-39)23-35(26(3)4)40(34)45-37-18-9-8-17-36(37)44-43(45)33-16-11-15-31-32-21-20-27-12-5-7-14-30(27)41(32)47-42(31)33;1-17(2)20-13-10-14-21(18(3)4)24(20)27-23-16-9-8-15-22(23)26-25(27)19-11-6-5-7-12-19;/h5-15,17-26H,1-4H3;5-11,13-18H,1-4H3;/q2*-1;. The van der Waals surface area contributed by atoms with E-state index >= 15 is 0 Å². The van der Waals surface area contributed by atoms with Gasteiger partial charge in [0.05, 0.1) is 39.3 Å². The van der Waals surface area contributed by atoms with Gasteiger partial charge in [0.2, 0.25) is 0 Å². The average molecular weight is 1160 g/mol. The molecule has 373 valence electrons. The maximum Gasteiger partial charge on any atom is 0.135 e. The molecule has 0 N–H and O–H groups in total. The van der Waals surface area contributed by atoms with Crippen LogP contribution in [0.3, 0.4) is 0 Å². The maximum absolute atomic E-state index is 6.80. The van der Waals surface area contributed by atoms with Crippen molar-refractivity contribution in [2.24, 2.45) is 0 Å². The summed E-state index contributed by atoms with van der Waals surface area (Å²) >= 11 is 0. The predicted octanol–water partition coefficient (Wildman–Crippen LogP) is 18.9. The third-order valence-electron chi connectivity index (χ3n) is 14.5. The van der Waals surface area contributed by atoms with Crippen LogP contribution in [0.5, 0.6) is 0 Å². The summed E-state index contributed by atoms with van der Waals surface area (Å²) in [5.41, 5.74) is 17.3.